The normalized spacial score (nSPS) is 13.0. The van der Waals surface area contributed by atoms with Crippen LogP contribution in [0.2, 0.25) is 0 Å². The molecule has 0 saturated carbocycles. The molecule has 6 heteroatoms. The summed E-state index contributed by atoms with van der Waals surface area (Å²) in [6.07, 6.45) is 0.618. The number of nitro groups is 1. The van der Waals surface area contributed by atoms with E-state index < -0.39 is 16.5 Å². The predicted octanol–water partition coefficient (Wildman–Crippen LogP) is 4.09. The lowest BCUT2D eigenvalue weighted by Gasteiger charge is -2.30. The number of ether oxygens (including phenoxy) is 2. The fourth-order valence-electron chi connectivity index (χ4n) is 2.36. The van der Waals surface area contributed by atoms with Crippen LogP contribution < -0.4 is 4.74 Å². The second-order valence-corrected chi connectivity index (χ2v) is 5.48. The van der Waals surface area contributed by atoms with Crippen LogP contribution in [0.4, 0.5) is 5.69 Å². The molecule has 0 aromatic heterocycles. The quantitative estimate of drug-likeness (QED) is 0.453. The van der Waals surface area contributed by atoms with Gasteiger partial charge in [-0.1, -0.05) is 37.3 Å². The molecule has 0 bridgehead atoms. The molecule has 0 aliphatic rings. The van der Waals surface area contributed by atoms with Crippen molar-refractivity contribution in [3.05, 3.63) is 69.8 Å². The second-order valence-electron chi connectivity index (χ2n) is 5.48. The maximum Gasteiger partial charge on any atom is 0.338 e. The van der Waals surface area contributed by atoms with Gasteiger partial charge in [0.1, 0.15) is 5.60 Å². The topological polar surface area (TPSA) is 78.7 Å². The second kappa shape index (κ2) is 7.12. The third kappa shape index (κ3) is 3.53. The fourth-order valence-corrected chi connectivity index (χ4v) is 2.36. The van der Waals surface area contributed by atoms with Gasteiger partial charge in [0.15, 0.2) is 5.75 Å². The number of nitro benzene ring substituents is 1. The van der Waals surface area contributed by atoms with E-state index in [1.807, 2.05) is 44.2 Å². The summed E-state index contributed by atoms with van der Waals surface area (Å²) in [5.74, 6) is -0.521. The molecule has 0 N–H and O–H groups in total. The predicted molar refractivity (Wildman–Crippen MR) is 89.1 cm³/mol. The highest BCUT2D eigenvalue weighted by Gasteiger charge is 2.30. The molecule has 2 aromatic carbocycles. The van der Waals surface area contributed by atoms with Gasteiger partial charge in [-0.05, 0) is 31.0 Å². The number of carbonyl (C=O) groups excluding carboxylic acids is 1. The molecule has 0 fully saturated rings. The lowest BCUT2D eigenvalue weighted by Crippen LogP contribution is -2.28. The maximum atomic E-state index is 11.6. The summed E-state index contributed by atoms with van der Waals surface area (Å²) >= 11 is 0. The smallest absolute Gasteiger partial charge is 0.338 e. The highest BCUT2D eigenvalue weighted by molar-refractivity contribution is 5.90. The Balaban J connectivity index is 2.44. The van der Waals surface area contributed by atoms with Crippen molar-refractivity contribution in [2.24, 2.45) is 0 Å². The molecule has 2 rings (SSSR count). The monoisotopic (exact) mass is 329 g/mol. The molecule has 0 saturated heterocycles. The number of hydrogen-bond donors (Lipinski definition) is 0. The number of rotatable bonds is 6. The number of hydrogen-bond acceptors (Lipinski definition) is 5. The van der Waals surface area contributed by atoms with Gasteiger partial charge in [0.05, 0.1) is 17.6 Å². The highest BCUT2D eigenvalue weighted by Crippen LogP contribution is 2.36. The Morgan fingerprint density at radius 2 is 1.88 bits per heavy atom. The lowest BCUT2D eigenvalue weighted by atomic mass is 9.93. The van der Waals surface area contributed by atoms with Crippen LogP contribution in [0.3, 0.4) is 0 Å². The van der Waals surface area contributed by atoms with Gasteiger partial charge in [-0.25, -0.2) is 4.79 Å². The van der Waals surface area contributed by atoms with Crippen molar-refractivity contribution < 1.29 is 19.2 Å². The van der Waals surface area contributed by atoms with Crippen LogP contribution in [-0.4, -0.2) is 18.0 Å². The van der Waals surface area contributed by atoms with Crippen molar-refractivity contribution >= 4 is 11.7 Å². The fraction of sp³-hybridized carbons (Fsp3) is 0.278. The largest absolute Gasteiger partial charge is 0.476 e. The van der Waals surface area contributed by atoms with E-state index in [1.165, 1.54) is 25.3 Å². The van der Waals surface area contributed by atoms with E-state index in [1.54, 1.807) is 0 Å². The standard InChI is InChI=1S/C18H19NO5/c1-4-18(2,14-8-6-5-7-9-14)24-16-11-10-13(17(20)23-3)12-15(16)19(21)22/h5-12H,4H2,1-3H3. The zero-order chi connectivity index (χ0) is 17.7. The Hall–Kier alpha value is -2.89. The summed E-state index contributed by atoms with van der Waals surface area (Å²) in [5, 5.41) is 11.4. The van der Waals surface area contributed by atoms with E-state index in [0.717, 1.165) is 5.56 Å². The molecule has 24 heavy (non-hydrogen) atoms. The van der Waals surface area contributed by atoms with Crippen molar-refractivity contribution in [3.8, 4) is 5.75 Å². The molecule has 0 aliphatic heterocycles. The van der Waals surface area contributed by atoms with Gasteiger partial charge < -0.3 is 9.47 Å². The Kier molecular flexibility index (Phi) is 5.18. The van der Waals surface area contributed by atoms with Crippen molar-refractivity contribution in [1.82, 2.24) is 0 Å². The highest BCUT2D eigenvalue weighted by atomic mass is 16.6. The van der Waals surface area contributed by atoms with Gasteiger partial charge in [0.2, 0.25) is 0 Å². The minimum atomic E-state index is -0.723. The molecule has 1 unspecified atom stereocenters. The zero-order valence-electron chi connectivity index (χ0n) is 13.8. The molecule has 0 heterocycles. The summed E-state index contributed by atoms with van der Waals surface area (Å²) in [7, 11) is 1.22. The summed E-state index contributed by atoms with van der Waals surface area (Å²) in [6.45, 7) is 3.82. The van der Waals surface area contributed by atoms with Crippen LogP contribution in [0.5, 0.6) is 5.75 Å². The van der Waals surface area contributed by atoms with E-state index in [4.69, 9.17) is 4.74 Å². The Labute approximate surface area is 140 Å². The summed E-state index contributed by atoms with van der Waals surface area (Å²) in [5.41, 5.74) is 0.0283. The first kappa shape index (κ1) is 17.5. The van der Waals surface area contributed by atoms with Crippen LogP contribution in [0, 0.1) is 10.1 Å². The number of benzene rings is 2. The van der Waals surface area contributed by atoms with Crippen LogP contribution in [0.25, 0.3) is 0 Å². The summed E-state index contributed by atoms with van der Waals surface area (Å²) < 4.78 is 10.6. The van der Waals surface area contributed by atoms with E-state index in [9.17, 15) is 14.9 Å². The van der Waals surface area contributed by atoms with E-state index in [-0.39, 0.29) is 17.0 Å². The molecule has 0 aliphatic carbocycles. The van der Waals surface area contributed by atoms with Gasteiger partial charge >= 0.3 is 11.7 Å². The van der Waals surface area contributed by atoms with Gasteiger partial charge in [0, 0.05) is 6.07 Å². The van der Waals surface area contributed by atoms with Gasteiger partial charge in [-0.3, -0.25) is 10.1 Å². The van der Waals surface area contributed by atoms with Crippen LogP contribution in [0.15, 0.2) is 48.5 Å². The average Bonchev–Trinajstić information content (AvgIpc) is 2.61. The Bertz CT molecular complexity index is 744. The third-order valence-corrected chi connectivity index (χ3v) is 3.97. The minimum Gasteiger partial charge on any atom is -0.476 e. The van der Waals surface area contributed by atoms with E-state index in [2.05, 4.69) is 4.74 Å². The Morgan fingerprint density at radius 1 is 1.21 bits per heavy atom. The zero-order valence-corrected chi connectivity index (χ0v) is 13.8. The number of esters is 1. The molecule has 6 nitrogen and oxygen atoms in total. The van der Waals surface area contributed by atoms with Crippen molar-refractivity contribution in [2.75, 3.05) is 7.11 Å². The van der Waals surface area contributed by atoms with Crippen LogP contribution in [0.1, 0.15) is 36.2 Å². The average molecular weight is 329 g/mol. The van der Waals surface area contributed by atoms with Gasteiger partial charge in [-0.15, -0.1) is 0 Å². The van der Waals surface area contributed by atoms with Gasteiger partial charge in [0.25, 0.3) is 0 Å². The molecule has 126 valence electrons. The lowest BCUT2D eigenvalue weighted by molar-refractivity contribution is -0.386. The SMILES string of the molecule is CCC(C)(Oc1ccc(C(=O)OC)cc1[N+](=O)[O-])c1ccccc1. The molecule has 0 spiro atoms. The molecule has 2 aromatic rings. The van der Waals surface area contributed by atoms with E-state index >= 15 is 0 Å². The maximum absolute atomic E-state index is 11.6. The van der Waals surface area contributed by atoms with Crippen LogP contribution in [-0.2, 0) is 10.3 Å². The first-order valence-corrected chi connectivity index (χ1v) is 7.52. The molecular weight excluding hydrogens is 310 g/mol. The third-order valence-electron chi connectivity index (χ3n) is 3.97. The van der Waals surface area contributed by atoms with Crippen molar-refractivity contribution in [1.29, 1.82) is 0 Å². The Morgan fingerprint density at radius 3 is 2.42 bits per heavy atom. The summed E-state index contributed by atoms with van der Waals surface area (Å²) in [4.78, 5) is 22.4. The minimum absolute atomic E-state index is 0.106. The summed E-state index contributed by atoms with van der Waals surface area (Å²) in [6, 6.07) is 13.6. The van der Waals surface area contributed by atoms with Crippen molar-refractivity contribution in [3.63, 3.8) is 0 Å². The molecule has 0 amide bonds. The number of nitrogens with zero attached hydrogens (tertiary/aromatic N) is 1. The number of carbonyl (C=O) groups is 1. The van der Waals surface area contributed by atoms with Gasteiger partial charge in [-0.2, -0.15) is 0 Å². The molecule has 1 atom stereocenters. The van der Waals surface area contributed by atoms with Crippen LogP contribution >= 0.6 is 0 Å². The van der Waals surface area contributed by atoms with E-state index in [0.29, 0.717) is 6.42 Å². The first-order chi connectivity index (χ1) is 11.4. The number of methoxy groups -OCH3 is 1. The molecule has 0 radical (unpaired) electrons. The molecular formula is C18H19NO5. The van der Waals surface area contributed by atoms with Crippen molar-refractivity contribution in [2.45, 2.75) is 25.9 Å². The first-order valence-electron chi connectivity index (χ1n) is 7.52.